The van der Waals surface area contributed by atoms with Gasteiger partial charge in [-0.25, -0.2) is 0 Å². The van der Waals surface area contributed by atoms with Crippen molar-refractivity contribution < 1.29 is 9.84 Å². The summed E-state index contributed by atoms with van der Waals surface area (Å²) >= 11 is 3.39. The number of aromatic hydroxyl groups is 1. The van der Waals surface area contributed by atoms with E-state index >= 15 is 0 Å². The predicted molar refractivity (Wildman–Crippen MR) is 95.6 cm³/mol. The zero-order chi connectivity index (χ0) is 16.1. The molecule has 1 N–H and O–H groups in total. The largest absolute Gasteiger partial charge is 0.507 e. The summed E-state index contributed by atoms with van der Waals surface area (Å²) in [6, 6.07) is 13.5. The van der Waals surface area contributed by atoms with Gasteiger partial charge in [-0.2, -0.15) is 0 Å². The van der Waals surface area contributed by atoms with Crippen molar-refractivity contribution in [3.8, 4) is 5.75 Å². The van der Waals surface area contributed by atoms with E-state index in [1.54, 1.807) is 18.3 Å². The maximum atomic E-state index is 9.81. The molecule has 0 saturated carbocycles. The first kappa shape index (κ1) is 16.2. The number of aliphatic imine (C=N–C) groups is 1. The van der Waals surface area contributed by atoms with E-state index in [0.717, 1.165) is 43.0 Å². The van der Waals surface area contributed by atoms with Crippen molar-refractivity contribution in [2.45, 2.75) is 6.54 Å². The highest BCUT2D eigenvalue weighted by Gasteiger charge is 2.10. The molecule has 0 unspecified atom stereocenters. The molecule has 0 aromatic heterocycles. The van der Waals surface area contributed by atoms with Crippen LogP contribution in [0.4, 0.5) is 5.69 Å². The Balaban J connectivity index is 1.64. The molecule has 120 valence electrons. The van der Waals surface area contributed by atoms with Crippen LogP contribution in [0.15, 0.2) is 51.9 Å². The number of morpholine rings is 1. The standard InChI is InChI=1S/C18H19BrN2O2/c19-16-3-6-18(22)15(11-16)12-20-17-4-1-14(2-5-17)13-21-7-9-23-10-8-21/h1-6,11-12,22H,7-10,13H2. The molecule has 1 fully saturated rings. The van der Waals surface area contributed by atoms with Crippen LogP contribution in [-0.4, -0.2) is 42.5 Å². The van der Waals surface area contributed by atoms with E-state index < -0.39 is 0 Å². The predicted octanol–water partition coefficient (Wildman–Crippen LogP) is 3.74. The SMILES string of the molecule is Oc1ccc(Br)cc1C=Nc1ccc(CN2CCOCC2)cc1. The van der Waals surface area contributed by atoms with Crippen molar-refractivity contribution in [3.63, 3.8) is 0 Å². The number of phenolic OH excluding ortho intramolecular Hbond substituents is 1. The van der Waals surface area contributed by atoms with Crippen LogP contribution in [0.5, 0.6) is 5.75 Å². The van der Waals surface area contributed by atoms with Gasteiger partial charge in [0.05, 0.1) is 18.9 Å². The average molecular weight is 375 g/mol. The van der Waals surface area contributed by atoms with Crippen LogP contribution in [0.25, 0.3) is 0 Å². The quantitative estimate of drug-likeness (QED) is 0.829. The van der Waals surface area contributed by atoms with Gasteiger partial charge in [0, 0.05) is 35.9 Å². The number of hydrogen-bond donors (Lipinski definition) is 1. The fourth-order valence-electron chi connectivity index (χ4n) is 2.48. The molecule has 3 rings (SSSR count). The molecule has 0 bridgehead atoms. The Labute approximate surface area is 144 Å². The first-order chi connectivity index (χ1) is 11.2. The molecule has 5 heteroatoms. The third-order valence-corrected chi connectivity index (χ3v) is 4.28. The van der Waals surface area contributed by atoms with Gasteiger partial charge in [-0.1, -0.05) is 28.1 Å². The second kappa shape index (κ2) is 7.73. The third kappa shape index (κ3) is 4.64. The van der Waals surface area contributed by atoms with E-state index in [2.05, 4.69) is 38.0 Å². The van der Waals surface area contributed by atoms with Crippen LogP contribution in [-0.2, 0) is 11.3 Å². The minimum Gasteiger partial charge on any atom is -0.507 e. The van der Waals surface area contributed by atoms with Gasteiger partial charge in [-0.05, 0) is 35.9 Å². The van der Waals surface area contributed by atoms with Gasteiger partial charge < -0.3 is 9.84 Å². The zero-order valence-electron chi connectivity index (χ0n) is 12.8. The minimum absolute atomic E-state index is 0.223. The summed E-state index contributed by atoms with van der Waals surface area (Å²) in [5.41, 5.74) is 2.84. The lowest BCUT2D eigenvalue weighted by atomic mass is 10.2. The van der Waals surface area contributed by atoms with Crippen molar-refractivity contribution in [2.24, 2.45) is 4.99 Å². The smallest absolute Gasteiger partial charge is 0.124 e. The molecule has 0 radical (unpaired) electrons. The highest BCUT2D eigenvalue weighted by Crippen LogP contribution is 2.21. The van der Waals surface area contributed by atoms with Gasteiger partial charge in [0.2, 0.25) is 0 Å². The molecule has 0 aliphatic carbocycles. The summed E-state index contributed by atoms with van der Waals surface area (Å²) in [5.74, 6) is 0.223. The van der Waals surface area contributed by atoms with Crippen LogP contribution in [0.3, 0.4) is 0 Å². The lowest BCUT2D eigenvalue weighted by molar-refractivity contribution is 0.0342. The molecule has 1 saturated heterocycles. The Morgan fingerprint density at radius 2 is 1.87 bits per heavy atom. The summed E-state index contributed by atoms with van der Waals surface area (Å²) in [4.78, 5) is 6.82. The van der Waals surface area contributed by atoms with Crippen LogP contribution >= 0.6 is 15.9 Å². The molecule has 1 aliphatic rings. The normalized spacial score (nSPS) is 16.0. The molecule has 0 spiro atoms. The average Bonchev–Trinajstić information content (AvgIpc) is 2.58. The summed E-state index contributed by atoms with van der Waals surface area (Å²) < 4.78 is 6.28. The summed E-state index contributed by atoms with van der Waals surface area (Å²) in [7, 11) is 0. The molecule has 0 amide bonds. The van der Waals surface area contributed by atoms with E-state index in [-0.39, 0.29) is 5.75 Å². The van der Waals surface area contributed by atoms with E-state index in [1.807, 2.05) is 18.2 Å². The van der Waals surface area contributed by atoms with Crippen LogP contribution in [0.1, 0.15) is 11.1 Å². The number of rotatable bonds is 4. The van der Waals surface area contributed by atoms with E-state index in [1.165, 1.54) is 5.56 Å². The highest BCUT2D eigenvalue weighted by molar-refractivity contribution is 9.10. The Morgan fingerprint density at radius 3 is 2.61 bits per heavy atom. The molecular weight excluding hydrogens is 356 g/mol. The third-order valence-electron chi connectivity index (χ3n) is 3.79. The first-order valence-corrected chi connectivity index (χ1v) is 8.42. The molecule has 1 heterocycles. The molecule has 4 nitrogen and oxygen atoms in total. The van der Waals surface area contributed by atoms with Gasteiger partial charge in [-0.15, -0.1) is 0 Å². The molecule has 23 heavy (non-hydrogen) atoms. The van der Waals surface area contributed by atoms with Crippen LogP contribution < -0.4 is 0 Å². The second-order valence-corrected chi connectivity index (χ2v) is 6.43. The van der Waals surface area contributed by atoms with Gasteiger partial charge in [0.1, 0.15) is 5.75 Å². The maximum absolute atomic E-state index is 9.81. The van der Waals surface area contributed by atoms with Crippen molar-refractivity contribution >= 4 is 27.8 Å². The van der Waals surface area contributed by atoms with E-state index in [9.17, 15) is 5.11 Å². The Kier molecular flexibility index (Phi) is 5.43. The van der Waals surface area contributed by atoms with Crippen molar-refractivity contribution in [3.05, 3.63) is 58.1 Å². The molecule has 2 aromatic rings. The summed E-state index contributed by atoms with van der Waals surface area (Å²) in [6.45, 7) is 4.56. The fraction of sp³-hybridized carbons (Fsp3) is 0.278. The number of ether oxygens (including phenoxy) is 1. The maximum Gasteiger partial charge on any atom is 0.124 e. The van der Waals surface area contributed by atoms with Gasteiger partial charge in [0.25, 0.3) is 0 Å². The monoisotopic (exact) mass is 374 g/mol. The van der Waals surface area contributed by atoms with Gasteiger partial charge in [0.15, 0.2) is 0 Å². The number of nitrogens with zero attached hydrogens (tertiary/aromatic N) is 2. The minimum atomic E-state index is 0.223. The lowest BCUT2D eigenvalue weighted by Gasteiger charge is -2.26. The molecular formula is C18H19BrN2O2. The first-order valence-electron chi connectivity index (χ1n) is 7.62. The van der Waals surface area contributed by atoms with Crippen molar-refractivity contribution in [1.82, 2.24) is 4.90 Å². The number of benzene rings is 2. The van der Waals surface area contributed by atoms with Crippen molar-refractivity contribution in [1.29, 1.82) is 0 Å². The van der Waals surface area contributed by atoms with Crippen LogP contribution in [0, 0.1) is 0 Å². The van der Waals surface area contributed by atoms with Gasteiger partial charge in [-0.3, -0.25) is 9.89 Å². The van der Waals surface area contributed by atoms with Gasteiger partial charge >= 0.3 is 0 Å². The molecule has 1 aliphatic heterocycles. The van der Waals surface area contributed by atoms with E-state index in [4.69, 9.17) is 4.74 Å². The fourth-order valence-corrected chi connectivity index (χ4v) is 2.86. The molecule has 0 atom stereocenters. The second-order valence-electron chi connectivity index (χ2n) is 5.52. The van der Waals surface area contributed by atoms with E-state index in [0.29, 0.717) is 5.56 Å². The zero-order valence-corrected chi connectivity index (χ0v) is 14.4. The molecule has 2 aromatic carbocycles. The Morgan fingerprint density at radius 1 is 1.13 bits per heavy atom. The van der Waals surface area contributed by atoms with Crippen molar-refractivity contribution in [2.75, 3.05) is 26.3 Å². The number of hydrogen-bond acceptors (Lipinski definition) is 4. The Hall–Kier alpha value is -1.69. The van der Waals surface area contributed by atoms with Crippen LogP contribution in [0.2, 0.25) is 0 Å². The lowest BCUT2D eigenvalue weighted by Crippen LogP contribution is -2.35. The number of phenols is 1. The Bertz CT molecular complexity index is 680. The summed E-state index contributed by atoms with van der Waals surface area (Å²) in [6.07, 6.45) is 1.68. The highest BCUT2D eigenvalue weighted by atomic mass is 79.9. The topological polar surface area (TPSA) is 45.1 Å². The number of halogens is 1. The summed E-state index contributed by atoms with van der Waals surface area (Å²) in [5, 5.41) is 9.81.